The Morgan fingerprint density at radius 1 is 1.44 bits per heavy atom. The highest BCUT2D eigenvalue weighted by Crippen LogP contribution is 2.21. The van der Waals surface area contributed by atoms with Gasteiger partial charge in [0.1, 0.15) is 24.3 Å². The summed E-state index contributed by atoms with van der Waals surface area (Å²) in [6.45, 7) is 1.67. The minimum Gasteiger partial charge on any atom is -0.490 e. The first-order valence-electron chi connectivity index (χ1n) is 5.37. The molecular weight excluding hydrogens is 241 g/mol. The van der Waals surface area contributed by atoms with E-state index < -0.39 is 11.9 Å². The third-order valence-corrected chi connectivity index (χ3v) is 2.27. The Balaban J connectivity index is 2.82. The zero-order valence-corrected chi connectivity index (χ0v) is 10.3. The minimum atomic E-state index is -0.778. The van der Waals surface area contributed by atoms with Crippen molar-refractivity contribution in [2.24, 2.45) is 5.16 Å². The van der Waals surface area contributed by atoms with Gasteiger partial charge in [-0.15, -0.1) is 0 Å². The van der Waals surface area contributed by atoms with Gasteiger partial charge >= 0.3 is 0 Å². The molecule has 0 spiro atoms. The average molecular weight is 257 g/mol. The topological polar surface area (TPSA) is 71.3 Å². The van der Waals surface area contributed by atoms with Gasteiger partial charge in [0.15, 0.2) is 0 Å². The monoisotopic (exact) mass is 257 g/mol. The number of halogens is 1. The van der Waals surface area contributed by atoms with Crippen LogP contribution in [0.3, 0.4) is 0 Å². The number of benzene rings is 1. The van der Waals surface area contributed by atoms with Crippen LogP contribution in [0.25, 0.3) is 0 Å². The number of rotatable bonds is 6. The zero-order chi connectivity index (χ0) is 13.5. The van der Waals surface area contributed by atoms with Gasteiger partial charge in [0.2, 0.25) is 0 Å². The van der Waals surface area contributed by atoms with Crippen molar-refractivity contribution >= 4 is 5.71 Å². The van der Waals surface area contributed by atoms with Crippen LogP contribution >= 0.6 is 0 Å². The molecule has 1 aromatic rings. The van der Waals surface area contributed by atoms with Gasteiger partial charge in [-0.1, -0.05) is 5.16 Å². The van der Waals surface area contributed by atoms with E-state index in [4.69, 9.17) is 14.7 Å². The van der Waals surface area contributed by atoms with E-state index in [0.29, 0.717) is 11.3 Å². The number of nitrogens with zero attached hydrogens (tertiary/aromatic N) is 1. The van der Waals surface area contributed by atoms with Crippen molar-refractivity contribution in [3.63, 3.8) is 0 Å². The van der Waals surface area contributed by atoms with E-state index in [0.717, 1.165) is 0 Å². The van der Waals surface area contributed by atoms with Gasteiger partial charge in [-0.2, -0.15) is 0 Å². The molecule has 1 rings (SSSR count). The van der Waals surface area contributed by atoms with Gasteiger partial charge < -0.3 is 19.8 Å². The first kappa shape index (κ1) is 14.4. The van der Waals surface area contributed by atoms with E-state index >= 15 is 0 Å². The normalized spacial score (nSPS) is 13.4. The summed E-state index contributed by atoms with van der Waals surface area (Å²) in [7, 11) is 1.47. The number of aliphatic hydroxyl groups is 1. The fraction of sp³-hybridized carbons (Fsp3) is 0.417. The van der Waals surface area contributed by atoms with E-state index in [1.165, 1.54) is 32.2 Å². The molecule has 0 saturated carbocycles. The Morgan fingerprint density at radius 3 is 2.78 bits per heavy atom. The maximum atomic E-state index is 13.1. The molecule has 0 radical (unpaired) electrons. The first-order valence-corrected chi connectivity index (χ1v) is 5.37. The second-order valence-electron chi connectivity index (χ2n) is 3.75. The van der Waals surface area contributed by atoms with E-state index in [2.05, 4.69) is 5.16 Å². The standard InChI is InChI=1S/C12H16FNO4/c1-8(14-16)11-5-9(13)3-4-12(11)18-7-10(15)6-17-2/h3-5,10,15-16H,6-7H2,1-2H3. The largest absolute Gasteiger partial charge is 0.490 e. The number of methoxy groups -OCH3 is 1. The van der Waals surface area contributed by atoms with Crippen LogP contribution in [-0.4, -0.2) is 42.5 Å². The Bertz CT molecular complexity index is 423. The minimum absolute atomic E-state index is 0.00514. The molecule has 0 saturated heterocycles. The molecule has 0 aliphatic rings. The summed E-state index contributed by atoms with van der Waals surface area (Å²) in [5, 5.41) is 21.2. The van der Waals surface area contributed by atoms with Crippen LogP contribution in [0.2, 0.25) is 0 Å². The molecule has 18 heavy (non-hydrogen) atoms. The Hall–Kier alpha value is -1.66. The summed E-state index contributed by atoms with van der Waals surface area (Å²) in [6, 6.07) is 3.85. The molecule has 2 N–H and O–H groups in total. The molecule has 5 nitrogen and oxygen atoms in total. The molecule has 0 bridgehead atoms. The fourth-order valence-corrected chi connectivity index (χ4v) is 1.39. The maximum Gasteiger partial charge on any atom is 0.128 e. The Morgan fingerprint density at radius 2 is 2.17 bits per heavy atom. The molecule has 1 unspecified atom stereocenters. The molecule has 1 aromatic carbocycles. The second-order valence-corrected chi connectivity index (χ2v) is 3.75. The summed E-state index contributed by atoms with van der Waals surface area (Å²) in [6.07, 6.45) is -0.778. The zero-order valence-electron chi connectivity index (χ0n) is 10.3. The van der Waals surface area contributed by atoms with Gasteiger partial charge in [-0.25, -0.2) is 4.39 Å². The van der Waals surface area contributed by atoms with E-state index in [1.54, 1.807) is 0 Å². The second kappa shape index (κ2) is 6.93. The molecule has 1 atom stereocenters. The van der Waals surface area contributed by atoms with Crippen LogP contribution in [0.1, 0.15) is 12.5 Å². The predicted octanol–water partition coefficient (Wildman–Crippen LogP) is 1.41. The molecule has 6 heteroatoms. The average Bonchev–Trinajstić information content (AvgIpc) is 2.36. The number of ether oxygens (including phenoxy) is 2. The summed E-state index contributed by atoms with van der Waals surface area (Å²) in [5.74, 6) is -0.125. The van der Waals surface area contributed by atoms with Crippen molar-refractivity contribution in [1.29, 1.82) is 0 Å². The van der Waals surface area contributed by atoms with Crippen LogP contribution in [0, 0.1) is 5.82 Å². The van der Waals surface area contributed by atoms with Crippen LogP contribution < -0.4 is 4.74 Å². The lowest BCUT2D eigenvalue weighted by Crippen LogP contribution is -2.23. The van der Waals surface area contributed by atoms with Crippen LogP contribution in [0.15, 0.2) is 23.4 Å². The lowest BCUT2D eigenvalue weighted by Gasteiger charge is -2.14. The van der Waals surface area contributed by atoms with Crippen molar-refractivity contribution in [2.45, 2.75) is 13.0 Å². The van der Waals surface area contributed by atoms with Crippen molar-refractivity contribution < 1.29 is 24.2 Å². The number of aliphatic hydroxyl groups excluding tert-OH is 1. The first-order chi connectivity index (χ1) is 8.58. The number of hydrogen-bond acceptors (Lipinski definition) is 5. The van der Waals surface area contributed by atoms with Crippen molar-refractivity contribution in [3.8, 4) is 5.75 Å². The number of hydrogen-bond donors (Lipinski definition) is 2. The summed E-state index contributed by atoms with van der Waals surface area (Å²) in [4.78, 5) is 0. The smallest absolute Gasteiger partial charge is 0.128 e. The molecule has 0 amide bonds. The highest BCUT2D eigenvalue weighted by molar-refractivity contribution is 6.00. The molecule has 0 heterocycles. The summed E-state index contributed by atoms with van der Waals surface area (Å²) in [5.41, 5.74) is 0.563. The van der Waals surface area contributed by atoms with Crippen molar-refractivity contribution in [1.82, 2.24) is 0 Å². The summed E-state index contributed by atoms with van der Waals surface area (Å²) >= 11 is 0. The Labute approximate surface area is 104 Å². The van der Waals surface area contributed by atoms with Crippen LogP contribution in [0.5, 0.6) is 5.75 Å². The highest BCUT2D eigenvalue weighted by Gasteiger charge is 2.11. The van der Waals surface area contributed by atoms with Gasteiger partial charge in [0.05, 0.1) is 12.3 Å². The quantitative estimate of drug-likeness (QED) is 0.459. The number of oxime groups is 1. The SMILES string of the molecule is COCC(O)COc1ccc(F)cc1C(C)=NO. The van der Waals surface area contributed by atoms with Crippen molar-refractivity contribution in [2.75, 3.05) is 20.3 Å². The third-order valence-electron chi connectivity index (χ3n) is 2.27. The predicted molar refractivity (Wildman–Crippen MR) is 63.8 cm³/mol. The molecule has 0 aromatic heterocycles. The lowest BCUT2D eigenvalue weighted by molar-refractivity contribution is 0.0325. The maximum absolute atomic E-state index is 13.1. The molecule has 0 aliphatic heterocycles. The van der Waals surface area contributed by atoms with Crippen LogP contribution in [0.4, 0.5) is 4.39 Å². The molecule has 0 fully saturated rings. The van der Waals surface area contributed by atoms with Crippen LogP contribution in [-0.2, 0) is 4.74 Å². The van der Waals surface area contributed by atoms with Crippen molar-refractivity contribution in [3.05, 3.63) is 29.6 Å². The van der Waals surface area contributed by atoms with Gasteiger partial charge in [-0.05, 0) is 25.1 Å². The highest BCUT2D eigenvalue weighted by atomic mass is 19.1. The van der Waals surface area contributed by atoms with E-state index in [9.17, 15) is 9.50 Å². The molecule has 0 aliphatic carbocycles. The summed E-state index contributed by atoms with van der Waals surface area (Å²) < 4.78 is 23.2. The Kier molecular flexibility index (Phi) is 5.54. The van der Waals surface area contributed by atoms with Gasteiger partial charge in [-0.3, -0.25) is 0 Å². The van der Waals surface area contributed by atoms with Gasteiger partial charge in [0, 0.05) is 12.7 Å². The lowest BCUT2D eigenvalue weighted by atomic mass is 10.1. The fourth-order valence-electron chi connectivity index (χ4n) is 1.39. The van der Waals surface area contributed by atoms with Gasteiger partial charge in [0.25, 0.3) is 0 Å². The van der Waals surface area contributed by atoms with E-state index in [1.807, 2.05) is 0 Å². The molecular formula is C12H16FNO4. The van der Waals surface area contributed by atoms with E-state index in [-0.39, 0.29) is 18.9 Å². The molecule has 100 valence electrons. The third kappa shape index (κ3) is 3.97.